The smallest absolute Gasteiger partial charge is 0.253 e. The van der Waals surface area contributed by atoms with Crippen LogP contribution in [-0.4, -0.2) is 36.7 Å². The summed E-state index contributed by atoms with van der Waals surface area (Å²) in [4.78, 5) is 20.4. The second-order valence-corrected chi connectivity index (χ2v) is 7.14. The highest BCUT2D eigenvalue weighted by Crippen LogP contribution is 2.19. The van der Waals surface area contributed by atoms with E-state index in [-0.39, 0.29) is 12.3 Å². The molecule has 176 valence electrons. The number of nitrogens with one attached hydrogen (secondary N) is 2. The van der Waals surface area contributed by atoms with Gasteiger partial charge < -0.3 is 20.5 Å². The molecule has 0 aromatic heterocycles. The average molecular weight is 451 g/mol. The molecule has 1 aromatic carbocycles. The summed E-state index contributed by atoms with van der Waals surface area (Å²) < 4.78 is 5.71. The Balaban J connectivity index is 2.78. The number of hydrogen-bond acceptors (Lipinski definition) is 5. The van der Waals surface area contributed by atoms with Crippen molar-refractivity contribution in [3.05, 3.63) is 85.0 Å². The standard InChI is InChI=1S/C26H34N4O3/c1-7-9-10-12-20(11-8-2)17-23(31)26(32)30-21-13-15-22(16-14-21)33-25(28-6)18-24(27-5)29-19(3)4/h8-10,12-16,18,23,31H,2-3,6-7,11,17H2,1,4-5H3,(H,27,29)(H,30,32)/b10-9-,20-12+,25-18+. The normalized spacial score (nSPS) is 13.4. The molecule has 0 saturated carbocycles. The van der Waals surface area contributed by atoms with Gasteiger partial charge in [-0.25, -0.2) is 4.99 Å². The predicted octanol–water partition coefficient (Wildman–Crippen LogP) is 4.92. The number of benzene rings is 1. The molecule has 1 atom stereocenters. The van der Waals surface area contributed by atoms with Crippen LogP contribution in [0.4, 0.5) is 5.69 Å². The van der Waals surface area contributed by atoms with Gasteiger partial charge in [0.15, 0.2) is 0 Å². The monoisotopic (exact) mass is 450 g/mol. The molecule has 0 bridgehead atoms. The van der Waals surface area contributed by atoms with E-state index in [4.69, 9.17) is 4.74 Å². The largest absolute Gasteiger partial charge is 0.439 e. The summed E-state index contributed by atoms with van der Waals surface area (Å²) in [5.74, 6) is 0.783. The Bertz CT molecular complexity index is 941. The van der Waals surface area contributed by atoms with E-state index in [0.717, 1.165) is 17.7 Å². The number of rotatable bonds is 13. The molecule has 0 spiro atoms. The number of aliphatic hydroxyl groups is 1. The third-order valence-electron chi connectivity index (χ3n) is 4.21. The van der Waals surface area contributed by atoms with Crippen molar-refractivity contribution < 1.29 is 14.6 Å². The molecule has 0 aliphatic rings. The SMILES string of the molecule is C=CC/C(=C\C=C/CC)CC(O)C(=O)Nc1ccc(O/C(=C/C(=NC)NC(=C)C)N=C)cc1. The van der Waals surface area contributed by atoms with Gasteiger partial charge in [0.2, 0.25) is 5.88 Å². The minimum atomic E-state index is -1.17. The van der Waals surface area contributed by atoms with Gasteiger partial charge in [0.25, 0.3) is 5.91 Å². The van der Waals surface area contributed by atoms with Crippen LogP contribution in [0.25, 0.3) is 0 Å². The lowest BCUT2D eigenvalue weighted by molar-refractivity contribution is -0.123. The Labute approximate surface area is 196 Å². The first-order valence-electron chi connectivity index (χ1n) is 10.6. The second kappa shape index (κ2) is 15.2. The minimum Gasteiger partial charge on any atom is -0.439 e. The highest BCUT2D eigenvalue weighted by Gasteiger charge is 2.16. The fraction of sp³-hybridized carbons (Fsp3) is 0.269. The zero-order chi connectivity index (χ0) is 24.6. The molecule has 0 saturated heterocycles. The van der Waals surface area contributed by atoms with Crippen LogP contribution in [0.3, 0.4) is 0 Å². The zero-order valence-corrected chi connectivity index (χ0v) is 19.7. The van der Waals surface area contributed by atoms with E-state index in [2.05, 4.69) is 40.5 Å². The second-order valence-electron chi connectivity index (χ2n) is 7.14. The number of anilines is 1. The van der Waals surface area contributed by atoms with E-state index in [9.17, 15) is 9.90 Å². The molecular weight excluding hydrogens is 416 g/mol. The lowest BCUT2D eigenvalue weighted by Crippen LogP contribution is -2.28. The summed E-state index contributed by atoms with van der Waals surface area (Å²) in [5, 5.41) is 16.0. The summed E-state index contributed by atoms with van der Waals surface area (Å²) in [6.07, 6.45) is 9.76. The van der Waals surface area contributed by atoms with Crippen LogP contribution >= 0.6 is 0 Å². The van der Waals surface area contributed by atoms with Crippen molar-refractivity contribution in [2.75, 3.05) is 12.4 Å². The van der Waals surface area contributed by atoms with E-state index in [1.165, 1.54) is 0 Å². The van der Waals surface area contributed by atoms with Crippen molar-refractivity contribution in [1.82, 2.24) is 5.32 Å². The molecule has 0 aliphatic heterocycles. The first-order chi connectivity index (χ1) is 15.8. The van der Waals surface area contributed by atoms with Crippen LogP contribution in [0.15, 0.2) is 94.9 Å². The van der Waals surface area contributed by atoms with Gasteiger partial charge in [-0.05, 0) is 50.7 Å². The molecule has 7 nitrogen and oxygen atoms in total. The lowest BCUT2D eigenvalue weighted by Gasteiger charge is -2.13. The third-order valence-corrected chi connectivity index (χ3v) is 4.21. The quantitative estimate of drug-likeness (QED) is 0.131. The number of allylic oxidation sites excluding steroid dienone is 5. The van der Waals surface area contributed by atoms with Crippen molar-refractivity contribution in [3.63, 3.8) is 0 Å². The van der Waals surface area contributed by atoms with Gasteiger partial charge in [0.1, 0.15) is 17.7 Å². The zero-order valence-electron chi connectivity index (χ0n) is 19.7. The van der Waals surface area contributed by atoms with Crippen molar-refractivity contribution in [2.24, 2.45) is 9.98 Å². The minimum absolute atomic E-state index is 0.228. The Hall–Kier alpha value is -3.71. The van der Waals surface area contributed by atoms with Gasteiger partial charge in [0, 0.05) is 30.9 Å². The van der Waals surface area contributed by atoms with Gasteiger partial charge in [0.05, 0.1) is 0 Å². The molecule has 1 rings (SSSR count). The maximum absolute atomic E-state index is 12.4. The van der Waals surface area contributed by atoms with Gasteiger partial charge in [-0.2, -0.15) is 0 Å². The number of aliphatic imine (C=N–C) groups is 2. The highest BCUT2D eigenvalue weighted by molar-refractivity contribution is 5.95. The van der Waals surface area contributed by atoms with E-state index < -0.39 is 12.0 Å². The average Bonchev–Trinajstić information content (AvgIpc) is 2.79. The molecule has 0 fully saturated rings. The van der Waals surface area contributed by atoms with Gasteiger partial charge in [-0.1, -0.05) is 43.4 Å². The highest BCUT2D eigenvalue weighted by atomic mass is 16.5. The number of ether oxygens (including phenoxy) is 1. The molecular formula is C26H34N4O3. The molecule has 1 unspecified atom stereocenters. The number of aliphatic hydroxyl groups excluding tert-OH is 1. The summed E-state index contributed by atoms with van der Waals surface area (Å²) in [6.45, 7) is 14.9. The summed E-state index contributed by atoms with van der Waals surface area (Å²) >= 11 is 0. The first-order valence-corrected chi connectivity index (χ1v) is 10.6. The number of amides is 1. The van der Waals surface area contributed by atoms with Crippen LogP contribution in [0.5, 0.6) is 5.75 Å². The fourth-order valence-electron chi connectivity index (χ4n) is 2.64. The molecule has 1 aromatic rings. The third kappa shape index (κ3) is 10.9. The topological polar surface area (TPSA) is 95.3 Å². The van der Waals surface area contributed by atoms with Crippen LogP contribution in [0.2, 0.25) is 0 Å². The van der Waals surface area contributed by atoms with Crippen molar-refractivity contribution in [2.45, 2.75) is 39.2 Å². The molecule has 1 amide bonds. The van der Waals surface area contributed by atoms with Crippen molar-refractivity contribution >= 4 is 24.1 Å². The number of amidine groups is 1. The number of nitrogens with zero attached hydrogens (tertiary/aromatic N) is 2. The molecule has 0 heterocycles. The molecule has 7 heteroatoms. The summed E-state index contributed by atoms with van der Waals surface area (Å²) in [5.41, 5.74) is 2.18. The van der Waals surface area contributed by atoms with E-state index in [1.807, 2.05) is 32.1 Å². The fourth-order valence-corrected chi connectivity index (χ4v) is 2.64. The van der Waals surface area contributed by atoms with Gasteiger partial charge >= 0.3 is 0 Å². The maximum atomic E-state index is 12.4. The van der Waals surface area contributed by atoms with Crippen molar-refractivity contribution in [1.29, 1.82) is 0 Å². The number of carbonyl (C=O) groups is 1. The van der Waals surface area contributed by atoms with Crippen LogP contribution in [0, 0.1) is 0 Å². The molecule has 0 aliphatic carbocycles. The Kier molecular flexibility index (Phi) is 12.5. The van der Waals surface area contributed by atoms with Crippen LogP contribution in [-0.2, 0) is 4.79 Å². The molecule has 33 heavy (non-hydrogen) atoms. The van der Waals surface area contributed by atoms with E-state index >= 15 is 0 Å². The van der Waals surface area contributed by atoms with E-state index in [0.29, 0.717) is 23.7 Å². The van der Waals surface area contributed by atoms with Crippen molar-refractivity contribution in [3.8, 4) is 5.75 Å². The Morgan fingerprint density at radius 1 is 1.30 bits per heavy atom. The Morgan fingerprint density at radius 2 is 2.00 bits per heavy atom. The van der Waals surface area contributed by atoms with Gasteiger partial charge in [-0.15, -0.1) is 6.58 Å². The van der Waals surface area contributed by atoms with Crippen LogP contribution < -0.4 is 15.4 Å². The molecule has 3 N–H and O–H groups in total. The Morgan fingerprint density at radius 3 is 2.55 bits per heavy atom. The number of carbonyl (C=O) groups excluding carboxylic acids is 1. The molecule has 0 radical (unpaired) electrons. The summed E-state index contributed by atoms with van der Waals surface area (Å²) in [6, 6.07) is 6.70. The predicted molar refractivity (Wildman–Crippen MR) is 138 cm³/mol. The first kappa shape index (κ1) is 27.3. The van der Waals surface area contributed by atoms with E-state index in [1.54, 1.807) is 43.5 Å². The lowest BCUT2D eigenvalue weighted by atomic mass is 10.0. The van der Waals surface area contributed by atoms with Gasteiger partial charge in [-0.3, -0.25) is 9.79 Å². The maximum Gasteiger partial charge on any atom is 0.253 e. The van der Waals surface area contributed by atoms with Crippen LogP contribution in [0.1, 0.15) is 33.1 Å². The summed E-state index contributed by atoms with van der Waals surface area (Å²) in [7, 11) is 1.63. The number of hydrogen-bond donors (Lipinski definition) is 3.